The van der Waals surface area contributed by atoms with Crippen molar-refractivity contribution >= 4 is 29.1 Å². The minimum absolute atomic E-state index is 0.0749. The van der Waals surface area contributed by atoms with E-state index in [2.05, 4.69) is 4.98 Å². The van der Waals surface area contributed by atoms with Gasteiger partial charge in [0.1, 0.15) is 5.75 Å². The van der Waals surface area contributed by atoms with Crippen molar-refractivity contribution in [3.63, 3.8) is 0 Å². The predicted octanol–water partition coefficient (Wildman–Crippen LogP) is 3.90. The van der Waals surface area contributed by atoms with Crippen molar-refractivity contribution in [2.75, 3.05) is 5.75 Å². The summed E-state index contributed by atoms with van der Waals surface area (Å²) in [5, 5.41) is 0. The van der Waals surface area contributed by atoms with Crippen molar-refractivity contribution in [1.82, 2.24) is 9.88 Å². The summed E-state index contributed by atoms with van der Waals surface area (Å²) in [6.45, 7) is 6.11. The van der Waals surface area contributed by atoms with E-state index in [0.29, 0.717) is 16.2 Å². The first-order valence-electron chi connectivity index (χ1n) is 8.90. The zero-order valence-electron chi connectivity index (χ0n) is 15.6. The number of imide groups is 1. The van der Waals surface area contributed by atoms with Gasteiger partial charge < -0.3 is 4.74 Å². The Hall–Kier alpha value is -2.60. The molecule has 1 aromatic carbocycles. The summed E-state index contributed by atoms with van der Waals surface area (Å²) < 4.78 is 5.66. The minimum Gasteiger partial charge on any atom is -0.491 e. The fourth-order valence-electron chi connectivity index (χ4n) is 2.88. The third-order valence-corrected chi connectivity index (χ3v) is 4.95. The van der Waals surface area contributed by atoms with Gasteiger partial charge in [0.25, 0.3) is 11.8 Å². The lowest BCUT2D eigenvalue weighted by molar-refractivity contribution is -0.137. The van der Waals surface area contributed by atoms with Crippen LogP contribution in [0.1, 0.15) is 31.9 Å². The Balaban J connectivity index is 1.91. The van der Waals surface area contributed by atoms with Crippen LogP contribution in [0.3, 0.4) is 0 Å². The third kappa shape index (κ3) is 4.22. The van der Waals surface area contributed by atoms with Crippen molar-refractivity contribution in [1.29, 1.82) is 0 Å². The van der Waals surface area contributed by atoms with E-state index in [9.17, 15) is 9.59 Å². The SMILES string of the molecule is CCSC1=C(c2ccc(OC(C)C)cc2)C(=O)N(Cc2cccnc2)C1=O. The molecule has 0 radical (unpaired) electrons. The fourth-order valence-corrected chi connectivity index (χ4v) is 3.75. The zero-order valence-corrected chi connectivity index (χ0v) is 16.5. The summed E-state index contributed by atoms with van der Waals surface area (Å²) in [7, 11) is 0. The van der Waals surface area contributed by atoms with E-state index >= 15 is 0 Å². The smallest absolute Gasteiger partial charge is 0.268 e. The highest BCUT2D eigenvalue weighted by Gasteiger charge is 2.38. The first-order chi connectivity index (χ1) is 13.0. The first kappa shape index (κ1) is 19.2. The molecule has 0 atom stereocenters. The molecule has 2 heterocycles. The molecular weight excluding hydrogens is 360 g/mol. The molecular formula is C21H22N2O3S. The number of amides is 2. The van der Waals surface area contributed by atoms with Crippen LogP contribution >= 0.6 is 11.8 Å². The molecule has 0 bridgehead atoms. The first-order valence-corrected chi connectivity index (χ1v) is 9.89. The molecule has 0 unspecified atom stereocenters. The van der Waals surface area contributed by atoms with E-state index in [0.717, 1.165) is 16.9 Å². The largest absolute Gasteiger partial charge is 0.491 e. The minimum atomic E-state index is -0.266. The lowest BCUT2D eigenvalue weighted by Crippen LogP contribution is -2.31. The second-order valence-corrected chi connectivity index (χ2v) is 7.66. The van der Waals surface area contributed by atoms with Gasteiger partial charge in [0.2, 0.25) is 0 Å². The topological polar surface area (TPSA) is 59.5 Å². The average molecular weight is 382 g/mol. The molecule has 0 fully saturated rings. The lowest BCUT2D eigenvalue weighted by Gasteiger charge is -2.15. The maximum atomic E-state index is 13.1. The van der Waals surface area contributed by atoms with E-state index in [1.54, 1.807) is 18.5 Å². The summed E-state index contributed by atoms with van der Waals surface area (Å²) in [5.74, 6) is 0.946. The monoisotopic (exact) mass is 382 g/mol. The third-order valence-electron chi connectivity index (χ3n) is 3.99. The summed E-state index contributed by atoms with van der Waals surface area (Å²) in [4.78, 5) is 31.8. The number of carbonyl (C=O) groups excluding carboxylic acids is 2. The van der Waals surface area contributed by atoms with Crippen LogP contribution < -0.4 is 4.74 Å². The van der Waals surface area contributed by atoms with E-state index in [-0.39, 0.29) is 24.5 Å². The van der Waals surface area contributed by atoms with Crippen LogP contribution in [-0.4, -0.2) is 33.6 Å². The molecule has 5 nitrogen and oxygen atoms in total. The molecule has 0 aliphatic carbocycles. The molecule has 1 aliphatic heterocycles. The highest BCUT2D eigenvalue weighted by atomic mass is 32.2. The highest BCUT2D eigenvalue weighted by Crippen LogP contribution is 2.37. The molecule has 0 saturated carbocycles. The van der Waals surface area contributed by atoms with Crippen LogP contribution in [-0.2, 0) is 16.1 Å². The second-order valence-electron chi connectivity index (χ2n) is 6.39. The molecule has 2 amide bonds. The van der Waals surface area contributed by atoms with Crippen molar-refractivity contribution in [2.45, 2.75) is 33.4 Å². The molecule has 140 valence electrons. The van der Waals surface area contributed by atoms with Crippen LogP contribution in [0, 0.1) is 0 Å². The maximum absolute atomic E-state index is 13.1. The number of hydrogen-bond acceptors (Lipinski definition) is 5. The van der Waals surface area contributed by atoms with Crippen LogP contribution in [0.25, 0.3) is 5.57 Å². The van der Waals surface area contributed by atoms with E-state index in [4.69, 9.17) is 4.74 Å². The van der Waals surface area contributed by atoms with E-state index in [1.165, 1.54) is 16.7 Å². The second kappa shape index (κ2) is 8.39. The molecule has 0 spiro atoms. The van der Waals surface area contributed by atoms with Crippen molar-refractivity contribution in [3.8, 4) is 5.75 Å². The van der Waals surface area contributed by atoms with Gasteiger partial charge in [0.15, 0.2) is 0 Å². The normalized spacial score (nSPS) is 14.4. The van der Waals surface area contributed by atoms with Crippen LogP contribution in [0.4, 0.5) is 0 Å². The molecule has 0 saturated heterocycles. The van der Waals surface area contributed by atoms with Crippen LogP contribution in [0.15, 0.2) is 53.7 Å². The molecule has 1 aromatic heterocycles. The number of rotatable bonds is 7. The summed E-state index contributed by atoms with van der Waals surface area (Å²) >= 11 is 1.40. The molecule has 1 aliphatic rings. The Bertz CT molecular complexity index is 861. The Morgan fingerprint density at radius 3 is 2.44 bits per heavy atom. The molecule has 2 aromatic rings. The fraction of sp³-hybridized carbons (Fsp3) is 0.286. The van der Waals surface area contributed by atoms with E-state index < -0.39 is 0 Å². The average Bonchev–Trinajstić information content (AvgIpc) is 2.88. The zero-order chi connectivity index (χ0) is 19.4. The molecule has 3 rings (SSSR count). The van der Waals surface area contributed by atoms with Gasteiger partial charge in [0.05, 0.1) is 23.1 Å². The van der Waals surface area contributed by atoms with E-state index in [1.807, 2.05) is 51.1 Å². The van der Waals surface area contributed by atoms with Gasteiger partial charge in [0, 0.05) is 12.4 Å². The number of hydrogen-bond donors (Lipinski definition) is 0. The number of pyridine rings is 1. The highest BCUT2D eigenvalue weighted by molar-refractivity contribution is 8.04. The summed E-state index contributed by atoms with van der Waals surface area (Å²) in [6.07, 6.45) is 3.41. The van der Waals surface area contributed by atoms with Gasteiger partial charge in [-0.05, 0) is 48.9 Å². The summed E-state index contributed by atoms with van der Waals surface area (Å²) in [5.41, 5.74) is 2.02. The Kier molecular flexibility index (Phi) is 5.96. The van der Waals surface area contributed by atoms with Crippen molar-refractivity contribution in [2.24, 2.45) is 0 Å². The number of ether oxygens (including phenoxy) is 1. The Labute approximate surface area is 163 Å². The van der Waals surface area contributed by atoms with Crippen LogP contribution in [0.2, 0.25) is 0 Å². The van der Waals surface area contributed by atoms with Gasteiger partial charge in [-0.2, -0.15) is 0 Å². The number of aromatic nitrogens is 1. The number of benzene rings is 1. The van der Waals surface area contributed by atoms with Crippen molar-refractivity contribution in [3.05, 3.63) is 64.8 Å². The Morgan fingerprint density at radius 1 is 1.11 bits per heavy atom. The molecule has 0 N–H and O–H groups in total. The van der Waals surface area contributed by atoms with Crippen LogP contribution in [0.5, 0.6) is 5.75 Å². The summed E-state index contributed by atoms with van der Waals surface area (Å²) in [6, 6.07) is 11.0. The van der Waals surface area contributed by atoms with Gasteiger partial charge in [-0.15, -0.1) is 11.8 Å². The maximum Gasteiger partial charge on any atom is 0.268 e. The number of nitrogens with zero attached hydrogens (tertiary/aromatic N) is 2. The Morgan fingerprint density at radius 2 is 1.85 bits per heavy atom. The molecule has 27 heavy (non-hydrogen) atoms. The van der Waals surface area contributed by atoms with Gasteiger partial charge in [-0.3, -0.25) is 19.5 Å². The molecule has 6 heteroatoms. The van der Waals surface area contributed by atoms with Gasteiger partial charge >= 0.3 is 0 Å². The predicted molar refractivity (Wildman–Crippen MR) is 107 cm³/mol. The standard InChI is InChI=1S/C21H22N2O3S/c1-4-27-19-18(16-7-9-17(10-8-16)26-14(2)3)20(24)23(21(19)25)13-15-6-5-11-22-12-15/h5-12,14H,4,13H2,1-3H3. The van der Waals surface area contributed by atoms with Crippen molar-refractivity contribution < 1.29 is 14.3 Å². The number of thioether (sulfide) groups is 1. The van der Waals surface area contributed by atoms with Gasteiger partial charge in [-0.25, -0.2) is 0 Å². The van der Waals surface area contributed by atoms with Gasteiger partial charge in [-0.1, -0.05) is 25.1 Å². The number of carbonyl (C=O) groups is 2. The quantitative estimate of drug-likeness (QED) is 0.680. The lowest BCUT2D eigenvalue weighted by atomic mass is 10.1.